The maximum atomic E-state index is 4.60. The van der Waals surface area contributed by atoms with Gasteiger partial charge in [-0.1, -0.05) is 35.0 Å². The standard InChI is InChI=1S/C16H21BrN2S/c1-3-18-10-14(9-16-11-20-12(2)19-16)8-13-4-6-15(17)7-5-13/h4-7,11,14,18H,3,8-10H2,1-2H3. The minimum absolute atomic E-state index is 0.595. The quantitative estimate of drug-likeness (QED) is 0.806. The maximum Gasteiger partial charge on any atom is 0.0897 e. The molecule has 0 radical (unpaired) electrons. The predicted molar refractivity (Wildman–Crippen MR) is 90.4 cm³/mol. The molecule has 20 heavy (non-hydrogen) atoms. The lowest BCUT2D eigenvalue weighted by atomic mass is 9.95. The SMILES string of the molecule is CCNCC(Cc1ccc(Br)cc1)Cc1csc(C)n1. The van der Waals surface area contributed by atoms with Crippen molar-refractivity contribution >= 4 is 27.3 Å². The van der Waals surface area contributed by atoms with Gasteiger partial charge in [0.1, 0.15) is 0 Å². The molecule has 0 aliphatic rings. The molecule has 0 amide bonds. The zero-order chi connectivity index (χ0) is 14.4. The summed E-state index contributed by atoms with van der Waals surface area (Å²) in [5, 5.41) is 6.82. The van der Waals surface area contributed by atoms with Crippen LogP contribution in [0.5, 0.6) is 0 Å². The molecule has 108 valence electrons. The van der Waals surface area contributed by atoms with Crippen molar-refractivity contribution in [2.24, 2.45) is 5.92 Å². The third kappa shape index (κ3) is 5.00. The summed E-state index contributed by atoms with van der Waals surface area (Å²) in [5.74, 6) is 0.595. The molecule has 0 saturated heterocycles. The Kier molecular flexibility index (Phi) is 6.20. The minimum atomic E-state index is 0.595. The van der Waals surface area contributed by atoms with Gasteiger partial charge in [-0.3, -0.25) is 0 Å². The van der Waals surface area contributed by atoms with Gasteiger partial charge >= 0.3 is 0 Å². The first kappa shape index (κ1) is 15.7. The van der Waals surface area contributed by atoms with Gasteiger partial charge in [0.25, 0.3) is 0 Å². The first-order valence-electron chi connectivity index (χ1n) is 7.03. The number of nitrogens with one attached hydrogen (secondary N) is 1. The summed E-state index contributed by atoms with van der Waals surface area (Å²) in [4.78, 5) is 4.60. The number of rotatable bonds is 7. The molecule has 2 aromatic rings. The van der Waals surface area contributed by atoms with E-state index in [1.54, 1.807) is 11.3 Å². The van der Waals surface area contributed by atoms with Crippen molar-refractivity contribution < 1.29 is 0 Å². The molecule has 0 saturated carbocycles. The molecular formula is C16H21BrN2S. The molecule has 1 atom stereocenters. The van der Waals surface area contributed by atoms with Crippen molar-refractivity contribution in [3.05, 3.63) is 50.4 Å². The van der Waals surface area contributed by atoms with Crippen LogP contribution in [0.15, 0.2) is 34.1 Å². The third-order valence-corrected chi connectivity index (χ3v) is 4.64. The van der Waals surface area contributed by atoms with Crippen LogP contribution in [0.4, 0.5) is 0 Å². The second-order valence-corrected chi connectivity index (χ2v) is 7.04. The number of halogens is 1. The van der Waals surface area contributed by atoms with E-state index in [9.17, 15) is 0 Å². The van der Waals surface area contributed by atoms with Crippen LogP contribution in [-0.2, 0) is 12.8 Å². The number of nitrogens with zero attached hydrogens (tertiary/aromatic N) is 1. The Hall–Kier alpha value is -0.710. The van der Waals surface area contributed by atoms with E-state index >= 15 is 0 Å². The molecule has 0 spiro atoms. The van der Waals surface area contributed by atoms with Crippen molar-refractivity contribution in [3.63, 3.8) is 0 Å². The molecule has 4 heteroatoms. The highest BCUT2D eigenvalue weighted by atomic mass is 79.9. The average molecular weight is 353 g/mol. The first-order valence-corrected chi connectivity index (χ1v) is 8.70. The summed E-state index contributed by atoms with van der Waals surface area (Å²) in [7, 11) is 0. The van der Waals surface area contributed by atoms with Gasteiger partial charge in [0.2, 0.25) is 0 Å². The van der Waals surface area contributed by atoms with Gasteiger partial charge in [-0.25, -0.2) is 4.98 Å². The van der Waals surface area contributed by atoms with Gasteiger partial charge in [0.05, 0.1) is 10.7 Å². The Labute approximate surface area is 133 Å². The van der Waals surface area contributed by atoms with Gasteiger partial charge in [-0.05, 0) is 56.5 Å². The predicted octanol–water partition coefficient (Wildman–Crippen LogP) is 4.22. The number of hydrogen-bond acceptors (Lipinski definition) is 3. The molecular weight excluding hydrogens is 332 g/mol. The monoisotopic (exact) mass is 352 g/mol. The summed E-state index contributed by atoms with van der Waals surface area (Å²) in [5.41, 5.74) is 2.62. The van der Waals surface area contributed by atoms with E-state index in [1.165, 1.54) is 11.3 Å². The van der Waals surface area contributed by atoms with E-state index in [0.29, 0.717) is 5.92 Å². The number of benzene rings is 1. The molecule has 2 rings (SSSR count). The van der Waals surface area contributed by atoms with Crippen LogP contribution in [0, 0.1) is 12.8 Å². The molecule has 1 unspecified atom stereocenters. The normalized spacial score (nSPS) is 12.6. The van der Waals surface area contributed by atoms with Crippen LogP contribution in [0.1, 0.15) is 23.2 Å². The topological polar surface area (TPSA) is 24.9 Å². The lowest BCUT2D eigenvalue weighted by Gasteiger charge is -2.16. The highest BCUT2D eigenvalue weighted by Crippen LogP contribution is 2.18. The van der Waals surface area contributed by atoms with Crippen molar-refractivity contribution in [2.75, 3.05) is 13.1 Å². The molecule has 0 fully saturated rings. The van der Waals surface area contributed by atoms with Crippen molar-refractivity contribution in [1.29, 1.82) is 0 Å². The Morgan fingerprint density at radius 1 is 1.25 bits per heavy atom. The van der Waals surface area contributed by atoms with Crippen molar-refractivity contribution in [3.8, 4) is 0 Å². The Balaban J connectivity index is 2.00. The van der Waals surface area contributed by atoms with Gasteiger partial charge in [-0.2, -0.15) is 0 Å². The van der Waals surface area contributed by atoms with E-state index in [1.807, 2.05) is 0 Å². The smallest absolute Gasteiger partial charge is 0.0897 e. The summed E-state index contributed by atoms with van der Waals surface area (Å²) >= 11 is 5.23. The average Bonchev–Trinajstić information content (AvgIpc) is 2.84. The summed E-state index contributed by atoms with van der Waals surface area (Å²) in [6.45, 7) is 6.29. The summed E-state index contributed by atoms with van der Waals surface area (Å²) in [6, 6.07) is 8.64. The zero-order valence-electron chi connectivity index (χ0n) is 12.0. The first-order chi connectivity index (χ1) is 9.67. The second kappa shape index (κ2) is 7.91. The summed E-state index contributed by atoms with van der Waals surface area (Å²) < 4.78 is 1.14. The largest absolute Gasteiger partial charge is 0.317 e. The minimum Gasteiger partial charge on any atom is -0.317 e. The van der Waals surface area contributed by atoms with Crippen LogP contribution in [0.25, 0.3) is 0 Å². The fourth-order valence-corrected chi connectivity index (χ4v) is 3.21. The van der Waals surface area contributed by atoms with Crippen LogP contribution in [-0.4, -0.2) is 18.1 Å². The van der Waals surface area contributed by atoms with Gasteiger partial charge in [-0.15, -0.1) is 11.3 Å². The van der Waals surface area contributed by atoms with E-state index in [2.05, 4.69) is 69.7 Å². The molecule has 1 N–H and O–H groups in total. The summed E-state index contributed by atoms with van der Waals surface area (Å²) in [6.07, 6.45) is 2.14. The molecule has 2 nitrogen and oxygen atoms in total. The fraction of sp³-hybridized carbons (Fsp3) is 0.438. The Morgan fingerprint density at radius 3 is 2.60 bits per heavy atom. The third-order valence-electron chi connectivity index (χ3n) is 3.29. The van der Waals surface area contributed by atoms with Crippen LogP contribution in [0.3, 0.4) is 0 Å². The second-order valence-electron chi connectivity index (χ2n) is 5.07. The molecule has 1 aromatic carbocycles. The Morgan fingerprint density at radius 2 is 2.00 bits per heavy atom. The lowest BCUT2D eigenvalue weighted by Crippen LogP contribution is -2.25. The Bertz CT molecular complexity index is 522. The fourth-order valence-electron chi connectivity index (χ4n) is 2.32. The van der Waals surface area contributed by atoms with Gasteiger partial charge in [0.15, 0.2) is 0 Å². The highest BCUT2D eigenvalue weighted by molar-refractivity contribution is 9.10. The van der Waals surface area contributed by atoms with Crippen LogP contribution >= 0.6 is 27.3 Å². The molecule has 1 heterocycles. The van der Waals surface area contributed by atoms with E-state index in [4.69, 9.17) is 0 Å². The van der Waals surface area contributed by atoms with Crippen LogP contribution in [0.2, 0.25) is 0 Å². The van der Waals surface area contributed by atoms with E-state index < -0.39 is 0 Å². The van der Waals surface area contributed by atoms with Gasteiger partial charge in [0, 0.05) is 9.85 Å². The molecule has 0 bridgehead atoms. The molecule has 0 aliphatic carbocycles. The highest BCUT2D eigenvalue weighted by Gasteiger charge is 2.12. The zero-order valence-corrected chi connectivity index (χ0v) is 14.4. The number of aromatic nitrogens is 1. The van der Waals surface area contributed by atoms with Gasteiger partial charge < -0.3 is 5.32 Å². The number of thiazole rings is 1. The number of hydrogen-bond donors (Lipinski definition) is 1. The van der Waals surface area contributed by atoms with E-state index in [0.717, 1.165) is 35.4 Å². The number of aryl methyl sites for hydroxylation is 1. The maximum absolute atomic E-state index is 4.60. The molecule has 1 aromatic heterocycles. The van der Waals surface area contributed by atoms with E-state index in [-0.39, 0.29) is 0 Å². The van der Waals surface area contributed by atoms with Crippen LogP contribution < -0.4 is 5.32 Å². The lowest BCUT2D eigenvalue weighted by molar-refractivity contribution is 0.474. The van der Waals surface area contributed by atoms with Crippen molar-refractivity contribution in [2.45, 2.75) is 26.7 Å². The van der Waals surface area contributed by atoms with Crippen molar-refractivity contribution in [1.82, 2.24) is 10.3 Å². The molecule has 0 aliphatic heterocycles.